The first-order chi connectivity index (χ1) is 26.3. The van der Waals surface area contributed by atoms with Gasteiger partial charge in [0.05, 0.1) is 11.1 Å². The molecule has 2 heterocycles. The van der Waals surface area contributed by atoms with Gasteiger partial charge in [0.2, 0.25) is 0 Å². The number of fused-ring (bicyclic) bond motifs is 9. The number of benzene rings is 9. The van der Waals surface area contributed by atoms with Crippen LogP contribution < -0.4 is 4.90 Å². The molecule has 11 rings (SSSR count). The van der Waals surface area contributed by atoms with Crippen LogP contribution in [0.3, 0.4) is 0 Å². The molecule has 0 amide bonds. The Balaban J connectivity index is 1.07. The van der Waals surface area contributed by atoms with Crippen molar-refractivity contribution >= 4 is 92.1 Å². The summed E-state index contributed by atoms with van der Waals surface area (Å²) in [5.74, 6) is 0. The lowest BCUT2D eigenvalue weighted by atomic mass is 9.93. The Hall–Kier alpha value is -6.68. The maximum atomic E-state index is 6.39. The molecule has 11 aromatic rings. The number of para-hydroxylation sites is 1. The molecule has 0 spiro atoms. The molecule has 0 aliphatic carbocycles. The molecule has 0 aliphatic rings. The Morgan fingerprint density at radius 1 is 0.396 bits per heavy atom. The quantitative estimate of drug-likeness (QED) is 0.167. The van der Waals surface area contributed by atoms with Gasteiger partial charge in [-0.1, -0.05) is 133 Å². The largest absolute Gasteiger partial charge is 0.456 e. The minimum Gasteiger partial charge on any atom is -0.456 e. The van der Waals surface area contributed by atoms with Gasteiger partial charge in [0.25, 0.3) is 0 Å². The molecule has 53 heavy (non-hydrogen) atoms. The zero-order valence-corrected chi connectivity index (χ0v) is 29.5. The third kappa shape index (κ3) is 4.78. The monoisotopic (exact) mass is 693 g/mol. The second-order valence-electron chi connectivity index (χ2n) is 13.6. The highest BCUT2D eigenvalue weighted by molar-refractivity contribution is 7.26. The van der Waals surface area contributed by atoms with Crippen LogP contribution in [0, 0.1) is 0 Å². The van der Waals surface area contributed by atoms with E-state index in [9.17, 15) is 0 Å². The van der Waals surface area contributed by atoms with Crippen molar-refractivity contribution < 1.29 is 4.42 Å². The minimum atomic E-state index is 0.876. The van der Waals surface area contributed by atoms with Gasteiger partial charge in [-0.3, -0.25) is 0 Å². The van der Waals surface area contributed by atoms with Crippen LogP contribution >= 0.6 is 11.3 Å². The first-order valence-electron chi connectivity index (χ1n) is 18.0. The van der Waals surface area contributed by atoms with Crippen LogP contribution in [0.4, 0.5) is 17.1 Å². The van der Waals surface area contributed by atoms with E-state index < -0.39 is 0 Å². The molecule has 0 bridgehead atoms. The number of hydrogen-bond donors (Lipinski definition) is 0. The van der Waals surface area contributed by atoms with Crippen molar-refractivity contribution in [3.63, 3.8) is 0 Å². The molecule has 2 nitrogen and oxygen atoms in total. The molecule has 0 radical (unpaired) electrons. The normalized spacial score (nSPS) is 11.8. The van der Waals surface area contributed by atoms with Gasteiger partial charge in [-0.15, -0.1) is 11.3 Å². The van der Waals surface area contributed by atoms with Gasteiger partial charge in [-0.05, 0) is 98.4 Å². The molecule has 0 saturated carbocycles. The number of hydrogen-bond acceptors (Lipinski definition) is 3. The van der Waals surface area contributed by atoms with E-state index in [1.54, 1.807) is 0 Å². The number of nitrogens with zero attached hydrogens (tertiary/aromatic N) is 1. The predicted octanol–water partition coefficient (Wildman–Crippen LogP) is 15.1. The summed E-state index contributed by atoms with van der Waals surface area (Å²) < 4.78 is 9.03. The van der Waals surface area contributed by atoms with Gasteiger partial charge in [-0.25, -0.2) is 0 Å². The second kappa shape index (κ2) is 11.9. The molecule has 0 saturated heterocycles. The van der Waals surface area contributed by atoms with E-state index in [4.69, 9.17) is 4.42 Å². The summed E-state index contributed by atoms with van der Waals surface area (Å²) in [5, 5.41) is 9.90. The van der Waals surface area contributed by atoms with E-state index in [0.29, 0.717) is 0 Å². The van der Waals surface area contributed by atoms with E-state index >= 15 is 0 Å². The lowest BCUT2D eigenvalue weighted by molar-refractivity contribution is 0.669. The Labute approximate surface area is 310 Å². The van der Waals surface area contributed by atoms with Gasteiger partial charge < -0.3 is 9.32 Å². The molecule has 2 aromatic heterocycles. The van der Waals surface area contributed by atoms with Crippen molar-refractivity contribution in [3.8, 4) is 22.3 Å². The van der Waals surface area contributed by atoms with E-state index in [0.717, 1.165) is 39.0 Å². The zero-order chi connectivity index (χ0) is 34.9. The number of anilines is 3. The molecule has 0 fully saturated rings. The Kier molecular flexibility index (Phi) is 6.76. The highest BCUT2D eigenvalue weighted by atomic mass is 32.1. The molecule has 0 N–H and O–H groups in total. The molecule has 248 valence electrons. The summed E-state index contributed by atoms with van der Waals surface area (Å²) in [6.45, 7) is 0. The van der Waals surface area contributed by atoms with E-state index in [-0.39, 0.29) is 0 Å². The van der Waals surface area contributed by atoms with Crippen LogP contribution in [0.25, 0.3) is 85.9 Å². The second-order valence-corrected chi connectivity index (χ2v) is 14.7. The van der Waals surface area contributed by atoms with Crippen LogP contribution in [-0.4, -0.2) is 0 Å². The van der Waals surface area contributed by atoms with Crippen molar-refractivity contribution in [3.05, 3.63) is 188 Å². The summed E-state index contributed by atoms with van der Waals surface area (Å²) in [6, 6.07) is 67.9. The fraction of sp³-hybridized carbons (Fsp3) is 0. The van der Waals surface area contributed by atoms with Crippen LogP contribution in [0.1, 0.15) is 0 Å². The summed E-state index contributed by atoms with van der Waals surface area (Å²) in [4.78, 5) is 2.37. The third-order valence-electron chi connectivity index (χ3n) is 10.7. The lowest BCUT2D eigenvalue weighted by Crippen LogP contribution is -2.10. The number of rotatable bonds is 5. The van der Waals surface area contributed by atoms with Crippen molar-refractivity contribution in [1.82, 2.24) is 0 Å². The van der Waals surface area contributed by atoms with Gasteiger partial charge in [0.15, 0.2) is 0 Å². The maximum Gasteiger partial charge on any atom is 0.137 e. The Morgan fingerprint density at radius 2 is 0.981 bits per heavy atom. The van der Waals surface area contributed by atoms with E-state index in [2.05, 4.69) is 187 Å². The first kappa shape index (κ1) is 30.0. The fourth-order valence-electron chi connectivity index (χ4n) is 8.22. The highest BCUT2D eigenvalue weighted by Crippen LogP contribution is 2.45. The molecular formula is C50H31NOS. The van der Waals surface area contributed by atoms with Crippen molar-refractivity contribution in [2.45, 2.75) is 0 Å². The summed E-state index contributed by atoms with van der Waals surface area (Å²) >= 11 is 1.87. The topological polar surface area (TPSA) is 16.4 Å². The average molecular weight is 694 g/mol. The summed E-state index contributed by atoms with van der Waals surface area (Å²) in [6.07, 6.45) is 0. The molecule has 9 aromatic carbocycles. The van der Waals surface area contributed by atoms with Crippen LogP contribution in [0.2, 0.25) is 0 Å². The predicted molar refractivity (Wildman–Crippen MR) is 227 cm³/mol. The fourth-order valence-corrected chi connectivity index (χ4v) is 9.46. The van der Waals surface area contributed by atoms with Crippen LogP contribution in [0.5, 0.6) is 0 Å². The number of furan rings is 1. The maximum absolute atomic E-state index is 6.39. The average Bonchev–Trinajstić information content (AvgIpc) is 3.80. The van der Waals surface area contributed by atoms with Gasteiger partial charge in [0, 0.05) is 36.9 Å². The molecule has 0 atom stereocenters. The van der Waals surface area contributed by atoms with Crippen molar-refractivity contribution in [1.29, 1.82) is 0 Å². The smallest absolute Gasteiger partial charge is 0.137 e. The molecule has 0 aliphatic heterocycles. The van der Waals surface area contributed by atoms with Crippen LogP contribution in [0.15, 0.2) is 192 Å². The Morgan fingerprint density at radius 3 is 1.77 bits per heavy atom. The van der Waals surface area contributed by atoms with Crippen molar-refractivity contribution in [2.24, 2.45) is 0 Å². The standard InChI is InChI=1S/C50H31NOS/c1-2-12-37-34(11-1)31-44(40-14-4-3-13-39(37)40)33-25-29-36(30-26-33)51(45-19-10-21-47-49(45)43-16-5-7-20-46(43)52-47)35-27-23-32(24-28-35)38-17-9-18-42-41-15-6-8-22-48(41)53-50(38)42/h1-31H. The zero-order valence-electron chi connectivity index (χ0n) is 28.7. The highest BCUT2D eigenvalue weighted by Gasteiger charge is 2.20. The molecular weight excluding hydrogens is 663 g/mol. The van der Waals surface area contributed by atoms with Crippen molar-refractivity contribution in [2.75, 3.05) is 4.90 Å². The minimum absolute atomic E-state index is 0.876. The van der Waals surface area contributed by atoms with Gasteiger partial charge in [0.1, 0.15) is 11.2 Å². The number of thiophene rings is 1. The molecule has 0 unspecified atom stereocenters. The summed E-state index contributed by atoms with van der Waals surface area (Å²) in [5.41, 5.74) is 9.90. The SMILES string of the molecule is c1ccc2c(c1)cc(-c1ccc(N(c3ccc(-c4cccc5c4sc4ccccc45)cc3)c3cccc4oc5ccccc5c34)cc1)c1ccccc12. The lowest BCUT2D eigenvalue weighted by Gasteiger charge is -2.27. The van der Waals surface area contributed by atoms with E-state index in [1.807, 2.05) is 17.4 Å². The molecule has 3 heteroatoms. The van der Waals surface area contributed by atoms with E-state index in [1.165, 1.54) is 64.0 Å². The third-order valence-corrected chi connectivity index (χ3v) is 11.9. The Bertz CT molecular complexity index is 3170. The van der Waals surface area contributed by atoms with Gasteiger partial charge in [-0.2, -0.15) is 0 Å². The first-order valence-corrected chi connectivity index (χ1v) is 18.8. The van der Waals surface area contributed by atoms with Crippen LogP contribution in [-0.2, 0) is 0 Å². The summed E-state index contributed by atoms with van der Waals surface area (Å²) in [7, 11) is 0. The van der Waals surface area contributed by atoms with Gasteiger partial charge >= 0.3 is 0 Å².